The van der Waals surface area contributed by atoms with E-state index in [1.54, 1.807) is 6.07 Å². The molecule has 0 atom stereocenters. The van der Waals surface area contributed by atoms with Crippen molar-refractivity contribution in [3.05, 3.63) is 53.1 Å². The van der Waals surface area contributed by atoms with E-state index in [2.05, 4.69) is 16.0 Å². The number of anilines is 3. The van der Waals surface area contributed by atoms with Crippen LogP contribution in [-0.2, 0) is 0 Å². The average molecular weight is 409 g/mol. The molecule has 1 fully saturated rings. The van der Waals surface area contributed by atoms with Crippen molar-refractivity contribution in [3.8, 4) is 0 Å². The molecule has 160 valence electrons. The van der Waals surface area contributed by atoms with E-state index in [0.717, 1.165) is 48.2 Å². The predicted molar refractivity (Wildman–Crippen MR) is 124 cm³/mol. The van der Waals surface area contributed by atoms with E-state index in [0.29, 0.717) is 11.3 Å². The number of aryl methyl sites for hydroxylation is 2. The molecule has 1 aliphatic rings. The van der Waals surface area contributed by atoms with E-state index in [9.17, 15) is 9.59 Å². The molecule has 30 heavy (non-hydrogen) atoms. The molecule has 0 saturated heterocycles. The quantitative estimate of drug-likeness (QED) is 0.646. The number of nitrogens with zero attached hydrogens (tertiary/aromatic N) is 1. The second-order valence-electron chi connectivity index (χ2n) is 8.33. The lowest BCUT2D eigenvalue weighted by molar-refractivity contribution is 0.0928. The van der Waals surface area contributed by atoms with Gasteiger partial charge in [0.2, 0.25) is 0 Å². The van der Waals surface area contributed by atoms with Gasteiger partial charge in [-0.25, -0.2) is 4.79 Å². The smallest absolute Gasteiger partial charge is 0.323 e. The molecule has 2 aromatic carbocycles. The number of carbonyl (C=O) groups excluding carboxylic acids is 2. The topological polar surface area (TPSA) is 73.5 Å². The number of urea groups is 1. The molecule has 6 heteroatoms. The van der Waals surface area contributed by atoms with Crippen molar-refractivity contribution in [2.45, 2.75) is 52.0 Å². The molecule has 1 aliphatic carbocycles. The lowest BCUT2D eigenvalue weighted by atomic mass is 9.95. The van der Waals surface area contributed by atoms with Gasteiger partial charge in [-0.3, -0.25) is 4.79 Å². The molecule has 0 radical (unpaired) electrons. The van der Waals surface area contributed by atoms with Crippen LogP contribution in [0.25, 0.3) is 0 Å². The van der Waals surface area contributed by atoms with Gasteiger partial charge in [-0.1, -0.05) is 37.0 Å². The Morgan fingerprint density at radius 1 is 0.933 bits per heavy atom. The number of benzene rings is 2. The van der Waals surface area contributed by atoms with Crippen LogP contribution in [0.3, 0.4) is 0 Å². The van der Waals surface area contributed by atoms with E-state index in [1.807, 2.05) is 63.2 Å². The zero-order valence-electron chi connectivity index (χ0n) is 18.3. The van der Waals surface area contributed by atoms with Crippen molar-refractivity contribution in [1.29, 1.82) is 0 Å². The molecule has 0 unspecified atom stereocenters. The number of nitrogens with one attached hydrogen (secondary N) is 3. The molecular weight excluding hydrogens is 376 g/mol. The molecule has 0 heterocycles. The summed E-state index contributed by atoms with van der Waals surface area (Å²) in [5.74, 6) is -0.0935. The van der Waals surface area contributed by atoms with Crippen molar-refractivity contribution >= 4 is 29.0 Å². The SMILES string of the molecule is Cc1ccc(NC(=O)Nc2ccc(N(C)C)c(C(=O)NC3CCCCC3)c2)c(C)c1. The van der Waals surface area contributed by atoms with E-state index in [1.165, 1.54) is 6.42 Å². The van der Waals surface area contributed by atoms with Gasteiger partial charge in [0.05, 0.1) is 5.56 Å². The summed E-state index contributed by atoms with van der Waals surface area (Å²) in [6.07, 6.45) is 5.61. The van der Waals surface area contributed by atoms with Gasteiger partial charge >= 0.3 is 6.03 Å². The fourth-order valence-corrected chi connectivity index (χ4v) is 3.93. The summed E-state index contributed by atoms with van der Waals surface area (Å²) in [4.78, 5) is 27.4. The van der Waals surface area contributed by atoms with Crippen LogP contribution in [-0.4, -0.2) is 32.1 Å². The van der Waals surface area contributed by atoms with E-state index >= 15 is 0 Å². The normalized spacial score (nSPS) is 14.1. The van der Waals surface area contributed by atoms with Gasteiger partial charge in [0.15, 0.2) is 0 Å². The van der Waals surface area contributed by atoms with Crippen LogP contribution >= 0.6 is 0 Å². The van der Waals surface area contributed by atoms with Gasteiger partial charge in [-0.05, 0) is 56.5 Å². The Bertz CT molecular complexity index is 917. The third-order valence-electron chi connectivity index (χ3n) is 5.55. The van der Waals surface area contributed by atoms with Gasteiger partial charge in [0.25, 0.3) is 5.91 Å². The van der Waals surface area contributed by atoms with Gasteiger partial charge in [0, 0.05) is 37.2 Å². The van der Waals surface area contributed by atoms with Crippen molar-refractivity contribution < 1.29 is 9.59 Å². The number of rotatable bonds is 5. The highest BCUT2D eigenvalue weighted by Crippen LogP contribution is 2.25. The van der Waals surface area contributed by atoms with Gasteiger partial charge < -0.3 is 20.9 Å². The maximum absolute atomic E-state index is 13.0. The van der Waals surface area contributed by atoms with Crippen LogP contribution in [0.15, 0.2) is 36.4 Å². The third-order valence-corrected chi connectivity index (χ3v) is 5.55. The highest BCUT2D eigenvalue weighted by atomic mass is 16.2. The zero-order chi connectivity index (χ0) is 21.7. The minimum absolute atomic E-state index is 0.0935. The minimum Gasteiger partial charge on any atom is -0.377 e. The lowest BCUT2D eigenvalue weighted by Gasteiger charge is -2.24. The molecule has 1 saturated carbocycles. The van der Waals surface area contributed by atoms with Crippen LogP contribution < -0.4 is 20.9 Å². The van der Waals surface area contributed by atoms with Crippen molar-refractivity contribution in [2.75, 3.05) is 29.6 Å². The monoisotopic (exact) mass is 408 g/mol. The average Bonchev–Trinajstić information content (AvgIpc) is 2.70. The second kappa shape index (κ2) is 9.65. The first-order chi connectivity index (χ1) is 14.3. The number of amides is 3. The first-order valence-corrected chi connectivity index (χ1v) is 10.6. The van der Waals surface area contributed by atoms with Crippen molar-refractivity contribution in [3.63, 3.8) is 0 Å². The lowest BCUT2D eigenvalue weighted by Crippen LogP contribution is -2.36. The maximum Gasteiger partial charge on any atom is 0.323 e. The van der Waals surface area contributed by atoms with Crippen LogP contribution in [0.4, 0.5) is 21.9 Å². The van der Waals surface area contributed by atoms with E-state index in [4.69, 9.17) is 0 Å². The highest BCUT2D eigenvalue weighted by molar-refractivity contribution is 6.04. The second-order valence-corrected chi connectivity index (χ2v) is 8.33. The fraction of sp³-hybridized carbons (Fsp3) is 0.417. The molecule has 3 amide bonds. The number of carbonyl (C=O) groups is 2. The summed E-state index contributed by atoms with van der Waals surface area (Å²) < 4.78 is 0. The standard InChI is InChI=1S/C24H32N4O2/c1-16-10-12-21(17(2)14-16)27-24(30)26-19-11-13-22(28(3)4)20(15-19)23(29)25-18-8-6-5-7-9-18/h10-15,18H,5-9H2,1-4H3,(H,25,29)(H2,26,27,30). The largest absolute Gasteiger partial charge is 0.377 e. The van der Waals surface area contributed by atoms with Gasteiger partial charge in [-0.15, -0.1) is 0 Å². The Morgan fingerprint density at radius 2 is 1.67 bits per heavy atom. The molecule has 0 bridgehead atoms. The van der Waals surface area contributed by atoms with Crippen molar-refractivity contribution in [1.82, 2.24) is 5.32 Å². The zero-order valence-corrected chi connectivity index (χ0v) is 18.3. The number of hydrogen-bond donors (Lipinski definition) is 3. The summed E-state index contributed by atoms with van der Waals surface area (Å²) in [5.41, 5.74) is 4.88. The first-order valence-electron chi connectivity index (χ1n) is 10.6. The van der Waals surface area contributed by atoms with Crippen LogP contribution in [0.5, 0.6) is 0 Å². The highest BCUT2D eigenvalue weighted by Gasteiger charge is 2.20. The minimum atomic E-state index is -0.335. The van der Waals surface area contributed by atoms with Gasteiger partial charge in [-0.2, -0.15) is 0 Å². The fourth-order valence-electron chi connectivity index (χ4n) is 3.93. The van der Waals surface area contributed by atoms with Crippen LogP contribution in [0.2, 0.25) is 0 Å². The summed E-state index contributed by atoms with van der Waals surface area (Å²) in [5, 5.41) is 8.89. The molecule has 2 aromatic rings. The summed E-state index contributed by atoms with van der Waals surface area (Å²) in [6, 6.07) is 11.2. The maximum atomic E-state index is 13.0. The third kappa shape index (κ3) is 5.53. The molecule has 0 spiro atoms. The molecule has 0 aromatic heterocycles. The Labute approximate surface area is 179 Å². The molecule has 3 N–H and O–H groups in total. The first kappa shape index (κ1) is 21.7. The summed E-state index contributed by atoms with van der Waals surface area (Å²) in [6.45, 7) is 3.98. The summed E-state index contributed by atoms with van der Waals surface area (Å²) >= 11 is 0. The Kier molecular flexibility index (Phi) is 6.98. The van der Waals surface area contributed by atoms with Crippen LogP contribution in [0.1, 0.15) is 53.6 Å². The molecule has 6 nitrogen and oxygen atoms in total. The molecular formula is C24H32N4O2. The summed E-state index contributed by atoms with van der Waals surface area (Å²) in [7, 11) is 3.82. The van der Waals surface area contributed by atoms with Crippen molar-refractivity contribution in [2.24, 2.45) is 0 Å². The van der Waals surface area contributed by atoms with Gasteiger partial charge in [0.1, 0.15) is 0 Å². The Morgan fingerprint density at radius 3 is 2.33 bits per heavy atom. The Hall–Kier alpha value is -3.02. The molecule has 0 aliphatic heterocycles. The Balaban J connectivity index is 1.74. The molecule has 3 rings (SSSR count). The van der Waals surface area contributed by atoms with E-state index in [-0.39, 0.29) is 18.0 Å². The van der Waals surface area contributed by atoms with Crippen LogP contribution in [0, 0.1) is 13.8 Å². The van der Waals surface area contributed by atoms with E-state index < -0.39 is 0 Å². The predicted octanol–water partition coefficient (Wildman–Crippen LogP) is 5.08. The number of hydrogen-bond acceptors (Lipinski definition) is 3.